The zero-order valence-corrected chi connectivity index (χ0v) is 39.8. The highest BCUT2D eigenvalue weighted by Gasteiger charge is 2.59. The Morgan fingerprint density at radius 1 is 0.661 bits per heavy atom. The maximum absolute atomic E-state index is 7.14. The second kappa shape index (κ2) is 18.3. The number of benzene rings is 4. The summed E-state index contributed by atoms with van der Waals surface area (Å²) in [5, 5.41) is 4.71. The molecule has 3 saturated carbocycles. The average molecular weight is 862 g/mol. The van der Waals surface area contributed by atoms with E-state index in [1.54, 1.807) is 5.57 Å². The van der Waals surface area contributed by atoms with E-state index >= 15 is 0 Å². The Morgan fingerprint density at radius 3 is 1.69 bits per heavy atom. The predicted octanol–water partition coefficient (Wildman–Crippen LogP) is 12.8. The van der Waals surface area contributed by atoms with Crippen LogP contribution in [-0.4, -0.2) is 23.7 Å². The fourth-order valence-corrected chi connectivity index (χ4v) is 24.6. The Morgan fingerprint density at radius 2 is 1.19 bits per heavy atom. The molecule has 6 heteroatoms. The summed E-state index contributed by atoms with van der Waals surface area (Å²) >= 11 is 14.3. The second-order valence-corrected chi connectivity index (χ2v) is 28.4. The number of ether oxygens (including phenoxy) is 1. The van der Waals surface area contributed by atoms with Gasteiger partial charge in [0.05, 0.1) is 25.1 Å². The van der Waals surface area contributed by atoms with Gasteiger partial charge in [-0.15, -0.1) is 0 Å². The van der Waals surface area contributed by atoms with Crippen LogP contribution in [0.1, 0.15) is 105 Å². The molecule has 0 bridgehead atoms. The third-order valence-corrected chi connectivity index (χ3v) is 27.7. The first kappa shape index (κ1) is 43.5. The molecule has 0 spiro atoms. The lowest BCUT2D eigenvalue weighted by Gasteiger charge is -2.58. The molecule has 0 amide bonds. The van der Waals surface area contributed by atoms with E-state index in [1.165, 1.54) is 79.0 Å². The molecule has 5 unspecified atom stereocenters. The van der Waals surface area contributed by atoms with E-state index in [4.69, 9.17) is 28.4 Å². The molecule has 8 atom stereocenters. The molecule has 314 valence electrons. The van der Waals surface area contributed by atoms with Crippen molar-refractivity contribution in [2.45, 2.75) is 111 Å². The summed E-state index contributed by atoms with van der Waals surface area (Å²) < 4.78 is 9.72. The molecule has 3 fully saturated rings. The topological polar surface area (TPSA) is 12.5 Å². The van der Waals surface area contributed by atoms with Gasteiger partial charge in [0.15, 0.2) is 0 Å². The summed E-state index contributed by atoms with van der Waals surface area (Å²) in [6.07, 6.45) is 12.4. The summed E-state index contributed by atoms with van der Waals surface area (Å²) in [5.74, 6) is 5.14. The average Bonchev–Trinajstić information content (AvgIpc) is 3.63. The minimum atomic E-state index is -2.62. The van der Waals surface area contributed by atoms with Crippen molar-refractivity contribution >= 4 is 57.2 Å². The molecule has 0 aromatic heterocycles. The van der Waals surface area contributed by atoms with E-state index in [-0.39, 0.29) is 6.10 Å². The Kier molecular flexibility index (Phi) is 13.5. The highest BCUT2D eigenvalue weighted by molar-refractivity contribution is 8.29. The van der Waals surface area contributed by atoms with Crippen molar-refractivity contribution in [1.29, 1.82) is 0 Å². The Hall–Kier alpha value is -2.16. The first-order valence-corrected chi connectivity index (χ1v) is 28.5. The van der Waals surface area contributed by atoms with Crippen molar-refractivity contribution in [1.82, 2.24) is 4.44 Å². The van der Waals surface area contributed by atoms with Crippen LogP contribution in [-0.2, 0) is 28.4 Å². The van der Waals surface area contributed by atoms with Crippen LogP contribution in [0.3, 0.4) is 0 Å². The van der Waals surface area contributed by atoms with Gasteiger partial charge in [-0.2, -0.15) is 0 Å². The molecule has 0 radical (unpaired) electrons. The van der Waals surface area contributed by atoms with Crippen LogP contribution in [0.2, 0.25) is 0 Å². The summed E-state index contributed by atoms with van der Waals surface area (Å²) in [6.45, 7) is 14.0. The minimum absolute atomic E-state index is 0.224. The molecule has 4 aromatic rings. The molecule has 4 aliphatic carbocycles. The lowest BCUT2D eigenvalue weighted by molar-refractivity contribution is -0.0638. The van der Waals surface area contributed by atoms with Crippen LogP contribution in [0.5, 0.6) is 0 Å². The van der Waals surface area contributed by atoms with E-state index in [0.29, 0.717) is 24.0 Å². The molecule has 8 rings (SSSR count). The quantitative estimate of drug-likeness (QED) is 0.0872. The van der Waals surface area contributed by atoms with Gasteiger partial charge in [0.1, 0.15) is 0 Å². The Balaban J connectivity index is 1.04. The van der Waals surface area contributed by atoms with Crippen LogP contribution in [0.15, 0.2) is 133 Å². The lowest BCUT2D eigenvalue weighted by atomic mass is 9.47. The Labute approximate surface area is 368 Å². The van der Waals surface area contributed by atoms with E-state index < -0.39 is 12.4 Å². The maximum Gasteiger partial charge on any atom is 0.0755 e. The van der Waals surface area contributed by atoms with Crippen molar-refractivity contribution < 1.29 is 4.74 Å². The predicted molar refractivity (Wildman–Crippen MR) is 262 cm³/mol. The molecule has 4 aliphatic rings. The van der Waals surface area contributed by atoms with Gasteiger partial charge in [-0.25, -0.2) is 4.44 Å². The fraction of sp³-hybridized carbons (Fsp3) is 0.509. The molecule has 4 aromatic carbocycles. The van der Waals surface area contributed by atoms with Gasteiger partial charge in [0.2, 0.25) is 0 Å². The molecule has 0 aliphatic heterocycles. The van der Waals surface area contributed by atoms with Crippen molar-refractivity contribution in [2.75, 3.05) is 13.2 Å². The van der Waals surface area contributed by atoms with Crippen molar-refractivity contribution in [2.24, 2.45) is 46.3 Å². The minimum Gasteiger partial charge on any atom is -0.377 e. The molecule has 2 nitrogen and oxygen atoms in total. The maximum atomic E-state index is 7.14. The molecule has 0 N–H and O–H groups in total. The highest BCUT2D eigenvalue weighted by Crippen LogP contribution is 2.68. The van der Waals surface area contributed by atoms with Crippen LogP contribution >= 0.6 is 12.4 Å². The monoisotopic (exact) mass is 861 g/mol. The number of rotatable bonds is 15. The number of allylic oxidation sites excluding steroid dienone is 1. The van der Waals surface area contributed by atoms with E-state index in [9.17, 15) is 0 Å². The largest absolute Gasteiger partial charge is 0.377 e. The van der Waals surface area contributed by atoms with Crippen molar-refractivity contribution in [3.63, 3.8) is 0 Å². The van der Waals surface area contributed by atoms with Gasteiger partial charge in [0, 0.05) is 27.8 Å². The third-order valence-electron chi connectivity index (χ3n) is 16.0. The van der Waals surface area contributed by atoms with Gasteiger partial charge in [0.25, 0.3) is 0 Å². The van der Waals surface area contributed by atoms with E-state index in [2.05, 4.69) is 166 Å². The van der Waals surface area contributed by atoms with Crippen molar-refractivity contribution in [3.8, 4) is 0 Å². The molecule has 59 heavy (non-hydrogen) atoms. The van der Waals surface area contributed by atoms with Crippen LogP contribution < -0.4 is 21.2 Å². The van der Waals surface area contributed by atoms with Gasteiger partial charge >= 0.3 is 0 Å². The molecule has 0 heterocycles. The molecular formula is C53H69NOP2S2. The third kappa shape index (κ3) is 8.28. The number of fused-ring (bicyclic) bond motifs is 5. The van der Waals surface area contributed by atoms with Gasteiger partial charge in [-0.05, 0) is 97.7 Å². The fourth-order valence-electron chi connectivity index (χ4n) is 12.9. The van der Waals surface area contributed by atoms with Crippen LogP contribution in [0.4, 0.5) is 0 Å². The SMILES string of the molecule is CC(C)CCCC(C)C1CCC2C3CC=C4C[C@@H](OCCN(P(=S)(c5ccccc5)c5ccccc5)P(=S)(c5ccccc5)c5ccccc5)CC[C@]4(C)C3CC[C@]12C. The summed E-state index contributed by atoms with van der Waals surface area (Å²) in [4.78, 5) is 0. The summed E-state index contributed by atoms with van der Waals surface area (Å²) in [6, 6.07) is 43.3. The summed E-state index contributed by atoms with van der Waals surface area (Å²) in [5.41, 5.74) is 2.53. The highest BCUT2D eigenvalue weighted by atomic mass is 32.5. The smallest absolute Gasteiger partial charge is 0.0755 e. The number of nitrogens with zero attached hydrogens (tertiary/aromatic N) is 1. The standard InChI is InChI=1S/C53H69NOP2S2/c1-40(2)19-18-20-41(3)49-31-32-50-48-30-29-42-39-43(33-35-52(42,4)51(48)34-36-53(49,50)5)55-38-37-54(56(58,44-21-10-6-11-22-44)45-23-12-7-13-24-45)57(59,46-25-14-8-15-26-46)47-27-16-9-17-28-47/h6-17,21-29,40-41,43,48-51H,18-20,30-39H2,1-5H3/t41?,43-,48?,49?,50?,51?,52-,53+/m0/s1. The zero-order valence-electron chi connectivity index (χ0n) is 36.4. The van der Waals surface area contributed by atoms with Crippen LogP contribution in [0.25, 0.3) is 0 Å². The first-order chi connectivity index (χ1) is 28.5. The Bertz CT molecular complexity index is 1940. The lowest BCUT2D eigenvalue weighted by Crippen LogP contribution is -2.51. The zero-order chi connectivity index (χ0) is 41.3. The number of hydrogen-bond acceptors (Lipinski definition) is 3. The normalized spacial score (nSPS) is 28.7. The molecular weight excluding hydrogens is 793 g/mol. The van der Waals surface area contributed by atoms with Gasteiger partial charge < -0.3 is 4.74 Å². The van der Waals surface area contributed by atoms with Crippen molar-refractivity contribution in [3.05, 3.63) is 133 Å². The second-order valence-electron chi connectivity index (χ2n) is 19.6. The van der Waals surface area contributed by atoms with E-state index in [0.717, 1.165) is 48.3 Å². The van der Waals surface area contributed by atoms with E-state index in [1.807, 2.05) is 0 Å². The van der Waals surface area contributed by atoms with Gasteiger partial charge in [-0.3, -0.25) is 0 Å². The molecule has 0 saturated heterocycles. The van der Waals surface area contributed by atoms with Crippen LogP contribution in [0, 0.1) is 46.3 Å². The van der Waals surface area contributed by atoms with Gasteiger partial charge in [-0.1, -0.05) is 210 Å². The summed E-state index contributed by atoms with van der Waals surface area (Å²) in [7, 11) is 0. The first-order valence-electron chi connectivity index (χ1n) is 23.0. The number of hydrogen-bond donors (Lipinski definition) is 0.